The Morgan fingerprint density at radius 3 is 2.50 bits per heavy atom. The van der Waals surface area contributed by atoms with Gasteiger partial charge in [0.1, 0.15) is 12.0 Å². The minimum absolute atomic E-state index is 0. The van der Waals surface area contributed by atoms with Crippen molar-refractivity contribution in [2.75, 3.05) is 0 Å². The van der Waals surface area contributed by atoms with Crippen LogP contribution in [0.1, 0.15) is 28.2 Å². The summed E-state index contributed by atoms with van der Waals surface area (Å²) in [4.78, 5) is 12.6. The molecule has 0 aliphatic carbocycles. The van der Waals surface area contributed by atoms with Crippen LogP contribution in [0.15, 0.2) is 54.7 Å². The van der Waals surface area contributed by atoms with Gasteiger partial charge in [-0.15, -0.1) is 0 Å². The summed E-state index contributed by atoms with van der Waals surface area (Å²) in [5, 5.41) is 0. The van der Waals surface area contributed by atoms with Crippen molar-refractivity contribution in [3.8, 4) is 11.3 Å². The summed E-state index contributed by atoms with van der Waals surface area (Å²) in [5.74, 6) is 1.04. The van der Waals surface area contributed by atoms with E-state index < -0.39 is 0 Å². The first-order valence-corrected chi connectivity index (χ1v) is 8.59. The number of aromatic nitrogens is 2. The molecule has 4 rings (SSSR count). The Morgan fingerprint density at radius 1 is 1.12 bits per heavy atom. The van der Waals surface area contributed by atoms with E-state index in [1.54, 1.807) is 12.1 Å². The number of rotatable bonds is 4. The molecule has 5 heteroatoms. The van der Waals surface area contributed by atoms with E-state index in [-0.39, 0.29) is 28.6 Å². The summed E-state index contributed by atoms with van der Waals surface area (Å²) in [6, 6.07) is 14.2. The van der Waals surface area contributed by atoms with Crippen molar-refractivity contribution < 1.29 is 30.7 Å². The van der Waals surface area contributed by atoms with Gasteiger partial charge in [0.25, 0.3) is 5.82 Å². The van der Waals surface area contributed by atoms with Crippen molar-refractivity contribution in [3.63, 3.8) is 0 Å². The molecule has 26 heavy (non-hydrogen) atoms. The minimum atomic E-state index is -0.237. The van der Waals surface area contributed by atoms with Crippen molar-refractivity contribution in [2.24, 2.45) is 0 Å². The molecule has 0 amide bonds. The second kappa shape index (κ2) is 7.54. The normalized spacial score (nSPS) is 12.5. The third-order valence-electron chi connectivity index (χ3n) is 4.82. The molecule has 1 aliphatic rings. The van der Waals surface area contributed by atoms with E-state index in [9.17, 15) is 9.18 Å². The molecule has 2 heterocycles. The zero-order valence-corrected chi connectivity index (χ0v) is 16.2. The fraction of sp³-hybridized carbons (Fsp3) is 0.238. The van der Waals surface area contributed by atoms with Gasteiger partial charge in [-0.05, 0) is 37.6 Å². The van der Waals surface area contributed by atoms with Crippen LogP contribution >= 0.6 is 0 Å². The Hall–Kier alpha value is -2.27. The fourth-order valence-electron chi connectivity index (χ4n) is 3.48. The van der Waals surface area contributed by atoms with Gasteiger partial charge in [0.2, 0.25) is 5.78 Å². The van der Waals surface area contributed by atoms with Crippen LogP contribution in [0.5, 0.6) is 0 Å². The number of nitrogens with zero attached hydrogens (tertiary/aromatic N) is 2. The van der Waals surface area contributed by atoms with Gasteiger partial charge in [0.05, 0.1) is 13.0 Å². The van der Waals surface area contributed by atoms with Crippen LogP contribution in [0.4, 0.5) is 4.39 Å². The fourth-order valence-corrected chi connectivity index (χ4v) is 3.48. The predicted octanol–water partition coefficient (Wildman–Crippen LogP) is 0.723. The van der Waals surface area contributed by atoms with Gasteiger partial charge in [-0.2, -0.15) is 0 Å². The van der Waals surface area contributed by atoms with E-state index in [0.717, 1.165) is 41.8 Å². The molecule has 0 saturated heterocycles. The number of Topliss-reactive ketones (excluding diaryl/α,β-unsaturated/α-hetero) is 1. The lowest BCUT2D eigenvalue weighted by Crippen LogP contribution is -3.00. The molecule has 0 unspecified atom stereocenters. The molecular weight excluding hydrogens is 395 g/mol. The van der Waals surface area contributed by atoms with Crippen molar-refractivity contribution in [2.45, 2.75) is 32.9 Å². The summed E-state index contributed by atoms with van der Waals surface area (Å²) in [5.41, 5.74) is 3.90. The first kappa shape index (κ1) is 18.5. The van der Waals surface area contributed by atoms with Crippen LogP contribution < -0.4 is 21.5 Å². The van der Waals surface area contributed by atoms with Crippen LogP contribution in [0.2, 0.25) is 0 Å². The van der Waals surface area contributed by atoms with Gasteiger partial charge in [-0.25, -0.2) is 13.5 Å². The average Bonchev–Trinajstić information content (AvgIpc) is 3.20. The third kappa shape index (κ3) is 3.49. The standard InChI is InChI=1S/C21H20FN2O.BrH/c1-15-4-6-17(7-5-15)20(25)14-23-13-19(24-12-2-3-21(23)24)16-8-10-18(22)11-9-16;/h4-11,13H,2-3,12,14H2,1H3;1H/q+1;/p-1. The summed E-state index contributed by atoms with van der Waals surface area (Å²) in [6.45, 7) is 3.28. The lowest BCUT2D eigenvalue weighted by Gasteiger charge is -2.01. The van der Waals surface area contributed by atoms with E-state index in [2.05, 4.69) is 4.57 Å². The highest BCUT2D eigenvalue weighted by Crippen LogP contribution is 2.25. The van der Waals surface area contributed by atoms with E-state index in [4.69, 9.17) is 0 Å². The number of hydrogen-bond donors (Lipinski definition) is 0. The van der Waals surface area contributed by atoms with E-state index in [0.29, 0.717) is 6.54 Å². The number of carbonyl (C=O) groups excluding carboxylic acids is 1. The van der Waals surface area contributed by atoms with Crippen LogP contribution in [-0.2, 0) is 19.5 Å². The van der Waals surface area contributed by atoms with Crippen LogP contribution in [-0.4, -0.2) is 10.4 Å². The molecule has 134 valence electrons. The molecule has 3 nitrogen and oxygen atoms in total. The molecule has 0 N–H and O–H groups in total. The SMILES string of the molecule is Cc1ccc(C(=O)C[n+]2cc(-c3ccc(F)cc3)n3c2CCC3)cc1.[Br-]. The molecule has 0 spiro atoms. The molecule has 0 atom stereocenters. The van der Waals surface area contributed by atoms with Gasteiger partial charge in [0.15, 0.2) is 12.2 Å². The molecule has 1 aliphatic heterocycles. The first-order valence-electron chi connectivity index (χ1n) is 8.59. The van der Waals surface area contributed by atoms with Crippen LogP contribution in [0, 0.1) is 12.7 Å². The van der Waals surface area contributed by atoms with E-state index >= 15 is 0 Å². The van der Waals surface area contributed by atoms with Crippen molar-refractivity contribution in [3.05, 3.63) is 77.5 Å². The molecular formula is C21H20BrFN2O. The number of hydrogen-bond acceptors (Lipinski definition) is 1. The highest BCUT2D eigenvalue weighted by atomic mass is 79.9. The lowest BCUT2D eigenvalue weighted by molar-refractivity contribution is -0.689. The maximum Gasteiger partial charge on any atom is 0.257 e. The first-order chi connectivity index (χ1) is 12.1. The molecule has 0 saturated carbocycles. The Balaban J connectivity index is 0.00000196. The highest BCUT2D eigenvalue weighted by Gasteiger charge is 2.29. The van der Waals surface area contributed by atoms with Crippen LogP contribution in [0.3, 0.4) is 0 Å². The molecule has 2 aromatic carbocycles. The zero-order valence-electron chi connectivity index (χ0n) is 14.6. The zero-order chi connectivity index (χ0) is 17.4. The topological polar surface area (TPSA) is 25.9 Å². The number of ketones is 1. The Labute approximate surface area is 162 Å². The van der Waals surface area contributed by atoms with Gasteiger partial charge < -0.3 is 17.0 Å². The van der Waals surface area contributed by atoms with E-state index in [1.165, 1.54) is 18.0 Å². The van der Waals surface area contributed by atoms with Gasteiger partial charge in [0, 0.05) is 11.1 Å². The van der Waals surface area contributed by atoms with Gasteiger partial charge in [-0.1, -0.05) is 29.8 Å². The lowest BCUT2D eigenvalue weighted by atomic mass is 10.1. The molecule has 0 radical (unpaired) electrons. The largest absolute Gasteiger partial charge is 1.00 e. The average molecular weight is 415 g/mol. The van der Waals surface area contributed by atoms with Crippen molar-refractivity contribution in [1.29, 1.82) is 0 Å². The quantitative estimate of drug-likeness (QED) is 0.456. The number of fused-ring (bicyclic) bond motifs is 1. The smallest absolute Gasteiger partial charge is 0.257 e. The number of carbonyl (C=O) groups is 1. The monoisotopic (exact) mass is 414 g/mol. The number of halogens is 2. The summed E-state index contributed by atoms with van der Waals surface area (Å²) >= 11 is 0. The minimum Gasteiger partial charge on any atom is -1.00 e. The summed E-state index contributed by atoms with van der Waals surface area (Å²) in [7, 11) is 0. The Morgan fingerprint density at radius 2 is 1.81 bits per heavy atom. The predicted molar refractivity (Wildman–Crippen MR) is 93.9 cm³/mol. The second-order valence-electron chi connectivity index (χ2n) is 6.61. The molecule has 0 bridgehead atoms. The van der Waals surface area contributed by atoms with Crippen molar-refractivity contribution >= 4 is 5.78 Å². The highest BCUT2D eigenvalue weighted by molar-refractivity contribution is 5.95. The Kier molecular flexibility index (Phi) is 5.37. The number of benzene rings is 2. The molecule has 3 aromatic rings. The maximum absolute atomic E-state index is 13.2. The maximum atomic E-state index is 13.2. The molecule has 0 fully saturated rings. The second-order valence-corrected chi connectivity index (χ2v) is 6.61. The van der Waals surface area contributed by atoms with Crippen LogP contribution in [0.25, 0.3) is 11.3 Å². The number of imidazole rings is 1. The molecule has 1 aromatic heterocycles. The Bertz CT molecular complexity index is 930. The third-order valence-corrected chi connectivity index (χ3v) is 4.82. The summed E-state index contributed by atoms with van der Waals surface area (Å²) < 4.78 is 17.5. The van der Waals surface area contributed by atoms with Crippen molar-refractivity contribution in [1.82, 2.24) is 4.57 Å². The van der Waals surface area contributed by atoms with Gasteiger partial charge >= 0.3 is 0 Å². The van der Waals surface area contributed by atoms with E-state index in [1.807, 2.05) is 42.0 Å². The summed E-state index contributed by atoms with van der Waals surface area (Å²) in [6.07, 6.45) is 4.05. The van der Waals surface area contributed by atoms with Gasteiger partial charge in [-0.3, -0.25) is 4.79 Å². The number of aryl methyl sites for hydroxylation is 1.